The van der Waals surface area contributed by atoms with Crippen LogP contribution < -0.4 is 5.32 Å². The number of halogens is 2. The summed E-state index contributed by atoms with van der Waals surface area (Å²) >= 11 is 0. The lowest BCUT2D eigenvalue weighted by atomic mass is 9.92. The topological polar surface area (TPSA) is 57.6 Å². The highest BCUT2D eigenvalue weighted by Crippen LogP contribution is 2.26. The van der Waals surface area contributed by atoms with Crippen LogP contribution in [0.15, 0.2) is 59.9 Å². The number of nitrogens with one attached hydrogen (secondary N) is 1. The van der Waals surface area contributed by atoms with Crippen LogP contribution in [0.1, 0.15) is 41.5 Å². The summed E-state index contributed by atoms with van der Waals surface area (Å²) in [4.78, 5) is 24.4. The fourth-order valence-electron chi connectivity index (χ4n) is 4.85. The molecule has 7 heteroatoms. The SMILES string of the molecule is O=C(NCc1cc(F)cc(F)c1)C1=NCCc2ccc(-c3cncc(CN4CCCCC4)c3)cc21. The molecule has 1 amide bonds. The number of amides is 1. The minimum atomic E-state index is -0.671. The number of nitrogens with zero attached hydrogens (tertiary/aromatic N) is 3. The van der Waals surface area contributed by atoms with Crippen LogP contribution in [0.3, 0.4) is 0 Å². The summed E-state index contributed by atoms with van der Waals surface area (Å²) < 4.78 is 27.0. The lowest BCUT2D eigenvalue weighted by Crippen LogP contribution is -2.33. The quantitative estimate of drug-likeness (QED) is 0.565. The molecule has 5 rings (SSSR count). The molecule has 0 spiro atoms. The van der Waals surface area contributed by atoms with Gasteiger partial charge in [0.25, 0.3) is 5.91 Å². The van der Waals surface area contributed by atoms with E-state index in [0.29, 0.717) is 17.8 Å². The number of hydrogen-bond donors (Lipinski definition) is 1. The molecule has 180 valence electrons. The molecule has 1 N–H and O–H groups in total. The summed E-state index contributed by atoms with van der Waals surface area (Å²) in [6.07, 6.45) is 8.33. The summed E-state index contributed by atoms with van der Waals surface area (Å²) in [5, 5.41) is 2.76. The lowest BCUT2D eigenvalue weighted by molar-refractivity contribution is -0.114. The first-order chi connectivity index (χ1) is 17.0. The Bertz CT molecular complexity index is 1250. The van der Waals surface area contributed by atoms with E-state index in [2.05, 4.69) is 32.3 Å². The van der Waals surface area contributed by atoms with Crippen molar-refractivity contribution >= 4 is 11.6 Å². The highest BCUT2D eigenvalue weighted by atomic mass is 19.1. The second-order valence-electron chi connectivity index (χ2n) is 9.23. The van der Waals surface area contributed by atoms with E-state index < -0.39 is 11.6 Å². The number of rotatable bonds is 6. The van der Waals surface area contributed by atoms with Gasteiger partial charge in [0.2, 0.25) is 0 Å². The minimum Gasteiger partial charge on any atom is -0.347 e. The van der Waals surface area contributed by atoms with Crippen molar-refractivity contribution in [2.24, 2.45) is 4.99 Å². The number of pyridine rings is 1. The molecular weight excluding hydrogens is 446 g/mol. The number of benzene rings is 2. The third-order valence-electron chi connectivity index (χ3n) is 6.59. The second-order valence-corrected chi connectivity index (χ2v) is 9.23. The Labute approximate surface area is 203 Å². The first-order valence-corrected chi connectivity index (χ1v) is 12.1. The van der Waals surface area contributed by atoms with E-state index in [1.807, 2.05) is 24.5 Å². The van der Waals surface area contributed by atoms with Gasteiger partial charge in [0.05, 0.1) is 0 Å². The smallest absolute Gasteiger partial charge is 0.270 e. The van der Waals surface area contributed by atoms with Crippen molar-refractivity contribution in [2.45, 2.75) is 38.8 Å². The molecule has 1 fully saturated rings. The van der Waals surface area contributed by atoms with Gasteiger partial charge < -0.3 is 5.32 Å². The molecule has 1 aromatic heterocycles. The Morgan fingerprint density at radius 2 is 1.71 bits per heavy atom. The largest absolute Gasteiger partial charge is 0.347 e. The zero-order chi connectivity index (χ0) is 24.2. The fraction of sp³-hybridized carbons (Fsp3) is 0.321. The number of carbonyl (C=O) groups is 1. The molecule has 2 aromatic carbocycles. The van der Waals surface area contributed by atoms with Crippen molar-refractivity contribution in [3.63, 3.8) is 0 Å². The van der Waals surface area contributed by atoms with Crippen LogP contribution in [0.25, 0.3) is 11.1 Å². The highest BCUT2D eigenvalue weighted by molar-refractivity contribution is 6.46. The van der Waals surface area contributed by atoms with E-state index in [1.165, 1.54) is 37.0 Å². The monoisotopic (exact) mass is 474 g/mol. The molecule has 0 saturated carbocycles. The number of carbonyl (C=O) groups excluding carboxylic acids is 1. The van der Waals surface area contributed by atoms with Gasteiger partial charge in [-0.3, -0.25) is 19.7 Å². The van der Waals surface area contributed by atoms with E-state index in [-0.39, 0.29) is 12.5 Å². The van der Waals surface area contributed by atoms with Gasteiger partial charge in [0.1, 0.15) is 17.3 Å². The molecular formula is C28H28F2N4O. The van der Waals surface area contributed by atoms with Crippen LogP contribution in [-0.4, -0.2) is 41.1 Å². The average Bonchev–Trinajstić information content (AvgIpc) is 2.87. The van der Waals surface area contributed by atoms with Crippen LogP contribution in [0.5, 0.6) is 0 Å². The van der Waals surface area contributed by atoms with E-state index in [4.69, 9.17) is 0 Å². The van der Waals surface area contributed by atoms with E-state index in [1.54, 1.807) is 0 Å². The van der Waals surface area contributed by atoms with Gasteiger partial charge in [0, 0.05) is 49.2 Å². The Morgan fingerprint density at radius 3 is 2.51 bits per heavy atom. The van der Waals surface area contributed by atoms with Crippen molar-refractivity contribution in [3.8, 4) is 11.1 Å². The normalized spacial score (nSPS) is 15.9. The number of hydrogen-bond acceptors (Lipinski definition) is 4. The van der Waals surface area contributed by atoms with Crippen LogP contribution in [0.4, 0.5) is 8.78 Å². The fourth-order valence-corrected chi connectivity index (χ4v) is 4.85. The van der Waals surface area contributed by atoms with Gasteiger partial charge in [-0.25, -0.2) is 8.78 Å². The van der Waals surface area contributed by atoms with E-state index in [9.17, 15) is 13.6 Å². The van der Waals surface area contributed by atoms with Crippen LogP contribution >= 0.6 is 0 Å². The van der Waals surface area contributed by atoms with Crippen molar-refractivity contribution in [1.82, 2.24) is 15.2 Å². The first-order valence-electron chi connectivity index (χ1n) is 12.1. The summed E-state index contributed by atoms with van der Waals surface area (Å²) in [6, 6.07) is 11.5. The Morgan fingerprint density at radius 1 is 0.914 bits per heavy atom. The maximum absolute atomic E-state index is 13.5. The first kappa shape index (κ1) is 23.3. The van der Waals surface area contributed by atoms with Crippen LogP contribution in [0, 0.1) is 11.6 Å². The number of aromatic nitrogens is 1. The minimum absolute atomic E-state index is 0.0179. The van der Waals surface area contributed by atoms with Gasteiger partial charge in [0.15, 0.2) is 0 Å². The Kier molecular flexibility index (Phi) is 6.95. The van der Waals surface area contributed by atoms with Crippen molar-refractivity contribution in [1.29, 1.82) is 0 Å². The molecule has 5 nitrogen and oxygen atoms in total. The third kappa shape index (κ3) is 5.62. The zero-order valence-electron chi connectivity index (χ0n) is 19.6. The summed E-state index contributed by atoms with van der Waals surface area (Å²) in [6.45, 7) is 3.68. The molecule has 2 aliphatic rings. The molecule has 0 radical (unpaired) electrons. The van der Waals surface area contributed by atoms with E-state index in [0.717, 1.165) is 54.4 Å². The predicted octanol–water partition coefficient (Wildman–Crippen LogP) is 4.67. The lowest BCUT2D eigenvalue weighted by Gasteiger charge is -2.26. The molecule has 2 aliphatic heterocycles. The molecule has 1 saturated heterocycles. The Hall–Kier alpha value is -3.45. The van der Waals surface area contributed by atoms with Crippen LogP contribution in [-0.2, 0) is 24.3 Å². The molecule has 3 aromatic rings. The van der Waals surface area contributed by atoms with Crippen molar-refractivity contribution in [2.75, 3.05) is 19.6 Å². The second kappa shape index (κ2) is 10.4. The molecule has 35 heavy (non-hydrogen) atoms. The van der Waals surface area contributed by atoms with Gasteiger partial charge in [-0.05, 0) is 78.9 Å². The standard InChI is InChI=1S/C28H28F2N4O/c29-24-11-19(12-25(30)14-24)16-33-28(35)27-26-13-22(5-4-21(26)6-7-32-27)23-10-20(15-31-17-23)18-34-8-2-1-3-9-34/h4-5,10-15,17H,1-3,6-9,16,18H2,(H,33,35). The highest BCUT2D eigenvalue weighted by Gasteiger charge is 2.21. The van der Waals surface area contributed by atoms with Gasteiger partial charge >= 0.3 is 0 Å². The number of fused-ring (bicyclic) bond motifs is 1. The van der Waals surface area contributed by atoms with Gasteiger partial charge in [-0.1, -0.05) is 18.6 Å². The molecule has 0 bridgehead atoms. The molecule has 0 aliphatic carbocycles. The number of likely N-dealkylation sites (tertiary alicyclic amines) is 1. The molecule has 0 unspecified atom stereocenters. The maximum Gasteiger partial charge on any atom is 0.270 e. The summed E-state index contributed by atoms with van der Waals surface area (Å²) in [5.74, 6) is -1.70. The molecule has 0 atom stereocenters. The van der Waals surface area contributed by atoms with Crippen molar-refractivity contribution in [3.05, 3.63) is 88.7 Å². The summed E-state index contributed by atoms with van der Waals surface area (Å²) in [5.41, 5.74) is 5.71. The maximum atomic E-state index is 13.5. The predicted molar refractivity (Wildman–Crippen MR) is 132 cm³/mol. The van der Waals surface area contributed by atoms with Gasteiger partial charge in [-0.15, -0.1) is 0 Å². The Balaban J connectivity index is 1.34. The van der Waals surface area contributed by atoms with Gasteiger partial charge in [-0.2, -0.15) is 0 Å². The molecule has 3 heterocycles. The average molecular weight is 475 g/mol. The third-order valence-corrected chi connectivity index (χ3v) is 6.59. The summed E-state index contributed by atoms with van der Waals surface area (Å²) in [7, 11) is 0. The number of aliphatic imine (C=N–C) groups is 1. The number of piperidine rings is 1. The zero-order valence-corrected chi connectivity index (χ0v) is 19.6. The van der Waals surface area contributed by atoms with Crippen molar-refractivity contribution < 1.29 is 13.6 Å². The van der Waals surface area contributed by atoms with Crippen LogP contribution in [0.2, 0.25) is 0 Å². The van der Waals surface area contributed by atoms with E-state index >= 15 is 0 Å².